The molecule has 2 aliphatic rings. The van der Waals surface area contributed by atoms with Crippen LogP contribution in [0.2, 0.25) is 0 Å². The number of rotatable bonds is 3. The third kappa shape index (κ3) is 3.95. The number of benzene rings is 1. The smallest absolute Gasteiger partial charge is 0.225 e. The number of carbonyl (C=O) groups is 1. The van der Waals surface area contributed by atoms with Crippen LogP contribution < -0.4 is 5.73 Å². The van der Waals surface area contributed by atoms with Crippen molar-refractivity contribution in [3.05, 3.63) is 35.4 Å². The van der Waals surface area contributed by atoms with Crippen molar-refractivity contribution in [2.24, 2.45) is 17.6 Å². The van der Waals surface area contributed by atoms with Gasteiger partial charge in [0.05, 0.1) is 0 Å². The molecule has 0 spiro atoms. The van der Waals surface area contributed by atoms with E-state index < -0.39 is 0 Å². The minimum absolute atomic E-state index is 0.288. The predicted molar refractivity (Wildman–Crippen MR) is 94.0 cm³/mol. The Balaban J connectivity index is 1.56. The first-order chi connectivity index (χ1) is 11.2. The van der Waals surface area contributed by atoms with Crippen molar-refractivity contribution in [3.63, 3.8) is 0 Å². The third-order valence-corrected chi connectivity index (χ3v) is 5.75. The maximum atomic E-state index is 12.8. The molecule has 1 aromatic rings. The standard InChI is InChI=1S/C20H30N2O/c1-15-4-2-7-19(12-15)20(23)22-10-8-17(9-11-22)18-6-3-5-16(13-18)14-21/h3,5-6,13,15,17,19H,2,4,7-12,14,21H2,1H3. The van der Waals surface area contributed by atoms with Crippen LogP contribution in [0.5, 0.6) is 0 Å². The summed E-state index contributed by atoms with van der Waals surface area (Å²) in [4.78, 5) is 14.9. The van der Waals surface area contributed by atoms with Gasteiger partial charge in [0, 0.05) is 25.6 Å². The molecule has 3 rings (SSSR count). The number of amides is 1. The second-order valence-corrected chi connectivity index (χ2v) is 7.52. The molecule has 1 saturated heterocycles. The largest absolute Gasteiger partial charge is 0.342 e. The Morgan fingerprint density at radius 2 is 2.00 bits per heavy atom. The highest BCUT2D eigenvalue weighted by atomic mass is 16.2. The van der Waals surface area contributed by atoms with Gasteiger partial charge in [-0.1, -0.05) is 44.0 Å². The Morgan fingerprint density at radius 1 is 1.22 bits per heavy atom. The highest BCUT2D eigenvalue weighted by Gasteiger charge is 2.31. The van der Waals surface area contributed by atoms with Crippen molar-refractivity contribution in [2.75, 3.05) is 13.1 Å². The molecule has 0 aromatic heterocycles. The molecule has 3 heteroatoms. The van der Waals surface area contributed by atoms with Crippen LogP contribution >= 0.6 is 0 Å². The Hall–Kier alpha value is -1.35. The van der Waals surface area contributed by atoms with E-state index in [1.807, 2.05) is 0 Å². The fourth-order valence-corrected chi connectivity index (χ4v) is 4.32. The van der Waals surface area contributed by atoms with Crippen molar-refractivity contribution in [2.45, 2.75) is 57.9 Å². The summed E-state index contributed by atoms with van der Waals surface area (Å²) in [5.74, 6) is 2.01. The highest BCUT2D eigenvalue weighted by Crippen LogP contribution is 2.33. The molecule has 1 saturated carbocycles. The lowest BCUT2D eigenvalue weighted by molar-refractivity contribution is -0.138. The molecule has 1 aliphatic carbocycles. The Labute approximate surface area is 140 Å². The van der Waals surface area contributed by atoms with Crippen LogP contribution in [0, 0.1) is 11.8 Å². The molecule has 1 aliphatic heterocycles. The fraction of sp³-hybridized carbons (Fsp3) is 0.650. The number of hydrogen-bond acceptors (Lipinski definition) is 2. The van der Waals surface area contributed by atoms with Crippen LogP contribution in [0.3, 0.4) is 0 Å². The van der Waals surface area contributed by atoms with E-state index in [1.54, 1.807) is 0 Å². The molecule has 0 radical (unpaired) electrons. The first-order valence-corrected chi connectivity index (χ1v) is 9.25. The summed E-state index contributed by atoms with van der Waals surface area (Å²) in [5.41, 5.74) is 8.35. The van der Waals surface area contributed by atoms with Crippen molar-refractivity contribution in [1.82, 2.24) is 4.90 Å². The van der Waals surface area contributed by atoms with E-state index in [9.17, 15) is 4.79 Å². The van der Waals surface area contributed by atoms with Gasteiger partial charge in [0.25, 0.3) is 0 Å². The average molecular weight is 314 g/mol. The zero-order valence-electron chi connectivity index (χ0n) is 14.3. The zero-order chi connectivity index (χ0) is 16.2. The number of carbonyl (C=O) groups excluding carboxylic acids is 1. The normalized spacial score (nSPS) is 26.3. The van der Waals surface area contributed by atoms with E-state index in [1.165, 1.54) is 24.0 Å². The molecule has 2 fully saturated rings. The number of likely N-dealkylation sites (tertiary alicyclic amines) is 1. The first-order valence-electron chi connectivity index (χ1n) is 9.25. The fourth-order valence-electron chi connectivity index (χ4n) is 4.32. The molecule has 0 bridgehead atoms. The zero-order valence-corrected chi connectivity index (χ0v) is 14.3. The highest BCUT2D eigenvalue weighted by molar-refractivity contribution is 5.79. The number of hydrogen-bond donors (Lipinski definition) is 1. The maximum absolute atomic E-state index is 12.8. The average Bonchev–Trinajstić information content (AvgIpc) is 2.61. The van der Waals surface area contributed by atoms with Gasteiger partial charge in [-0.15, -0.1) is 0 Å². The Bertz CT molecular complexity index is 534. The lowest BCUT2D eigenvalue weighted by Gasteiger charge is -2.36. The summed E-state index contributed by atoms with van der Waals surface area (Å²) < 4.78 is 0. The number of nitrogens with two attached hydrogens (primary N) is 1. The predicted octanol–water partition coefficient (Wildman–Crippen LogP) is 3.68. The lowest BCUT2D eigenvalue weighted by Crippen LogP contribution is -2.42. The summed E-state index contributed by atoms with van der Waals surface area (Å²) in [6.07, 6.45) is 6.88. The topological polar surface area (TPSA) is 46.3 Å². The van der Waals surface area contributed by atoms with Gasteiger partial charge in [-0.3, -0.25) is 4.79 Å². The van der Waals surface area contributed by atoms with Crippen LogP contribution in [-0.2, 0) is 11.3 Å². The van der Waals surface area contributed by atoms with Crippen molar-refractivity contribution in [3.8, 4) is 0 Å². The molecule has 1 amide bonds. The van der Waals surface area contributed by atoms with Crippen LogP contribution in [0.4, 0.5) is 0 Å². The van der Waals surface area contributed by atoms with Gasteiger partial charge < -0.3 is 10.6 Å². The molecule has 2 unspecified atom stereocenters. The SMILES string of the molecule is CC1CCCC(C(=O)N2CCC(c3cccc(CN)c3)CC2)C1. The van der Waals surface area contributed by atoms with Crippen molar-refractivity contribution >= 4 is 5.91 Å². The molecule has 2 atom stereocenters. The quantitative estimate of drug-likeness (QED) is 0.925. The minimum Gasteiger partial charge on any atom is -0.342 e. The number of piperidine rings is 1. The van der Waals surface area contributed by atoms with Gasteiger partial charge in [0.1, 0.15) is 0 Å². The molecule has 3 nitrogen and oxygen atoms in total. The van der Waals surface area contributed by atoms with Crippen LogP contribution in [-0.4, -0.2) is 23.9 Å². The van der Waals surface area contributed by atoms with E-state index in [0.29, 0.717) is 24.3 Å². The summed E-state index contributed by atoms with van der Waals surface area (Å²) in [6.45, 7) is 4.73. The van der Waals surface area contributed by atoms with Gasteiger partial charge in [0.15, 0.2) is 0 Å². The maximum Gasteiger partial charge on any atom is 0.225 e. The van der Waals surface area contributed by atoms with E-state index in [0.717, 1.165) is 38.8 Å². The monoisotopic (exact) mass is 314 g/mol. The Morgan fingerprint density at radius 3 is 2.70 bits per heavy atom. The summed E-state index contributed by atoms with van der Waals surface area (Å²) in [5, 5.41) is 0. The molecule has 1 heterocycles. The van der Waals surface area contributed by atoms with Crippen molar-refractivity contribution < 1.29 is 4.79 Å². The van der Waals surface area contributed by atoms with E-state index in [-0.39, 0.29) is 5.92 Å². The molecule has 1 aromatic carbocycles. The molecule has 2 N–H and O–H groups in total. The summed E-state index contributed by atoms with van der Waals surface area (Å²) >= 11 is 0. The van der Waals surface area contributed by atoms with E-state index in [2.05, 4.69) is 36.1 Å². The molecular weight excluding hydrogens is 284 g/mol. The second kappa shape index (κ2) is 7.48. The van der Waals surface area contributed by atoms with Crippen LogP contribution in [0.1, 0.15) is 62.5 Å². The van der Waals surface area contributed by atoms with Crippen molar-refractivity contribution in [1.29, 1.82) is 0 Å². The Kier molecular flexibility index (Phi) is 5.37. The van der Waals surface area contributed by atoms with E-state index >= 15 is 0 Å². The van der Waals surface area contributed by atoms with Gasteiger partial charge >= 0.3 is 0 Å². The molecule has 23 heavy (non-hydrogen) atoms. The van der Waals surface area contributed by atoms with Crippen LogP contribution in [0.15, 0.2) is 24.3 Å². The molecule has 126 valence electrons. The second-order valence-electron chi connectivity index (χ2n) is 7.52. The third-order valence-electron chi connectivity index (χ3n) is 5.75. The van der Waals surface area contributed by atoms with E-state index in [4.69, 9.17) is 5.73 Å². The first kappa shape index (κ1) is 16.5. The van der Waals surface area contributed by atoms with Gasteiger partial charge in [0.2, 0.25) is 5.91 Å². The van der Waals surface area contributed by atoms with Gasteiger partial charge in [-0.25, -0.2) is 0 Å². The van der Waals surface area contributed by atoms with Crippen LogP contribution in [0.25, 0.3) is 0 Å². The minimum atomic E-state index is 0.288. The molecular formula is C20H30N2O. The summed E-state index contributed by atoms with van der Waals surface area (Å²) in [6, 6.07) is 8.65. The van der Waals surface area contributed by atoms with Gasteiger partial charge in [-0.05, 0) is 48.6 Å². The van der Waals surface area contributed by atoms with Gasteiger partial charge in [-0.2, -0.15) is 0 Å². The summed E-state index contributed by atoms with van der Waals surface area (Å²) in [7, 11) is 0. The number of nitrogens with zero attached hydrogens (tertiary/aromatic N) is 1. The lowest BCUT2D eigenvalue weighted by atomic mass is 9.81.